The first-order chi connectivity index (χ1) is 4.75. The Hall–Kier alpha value is -0.860. The maximum Gasteiger partial charge on any atom is 0.293 e. The van der Waals surface area contributed by atoms with Gasteiger partial charge in [-0.15, -0.1) is 0 Å². The molecule has 0 aromatic heterocycles. The van der Waals surface area contributed by atoms with Gasteiger partial charge in [0.2, 0.25) is 0 Å². The molecule has 0 amide bonds. The van der Waals surface area contributed by atoms with Crippen LogP contribution in [0.4, 0.5) is 0 Å². The van der Waals surface area contributed by atoms with Gasteiger partial charge in [0.05, 0.1) is 0 Å². The van der Waals surface area contributed by atoms with Crippen molar-refractivity contribution >= 4 is 12.3 Å². The number of carbonyl (C=O) groups is 2. The minimum absolute atomic E-state index is 0.0467. The molecule has 3 nitrogen and oxygen atoms in total. The van der Waals surface area contributed by atoms with E-state index in [0.29, 0.717) is 12.4 Å². The van der Waals surface area contributed by atoms with Gasteiger partial charge in [0.1, 0.15) is 0 Å². The Morgan fingerprint density at radius 2 is 2.30 bits per heavy atom. The Kier molecular flexibility index (Phi) is 2.04. The quantitative estimate of drug-likeness (QED) is 0.537. The zero-order valence-corrected chi connectivity index (χ0v) is 5.87. The van der Waals surface area contributed by atoms with Crippen molar-refractivity contribution in [2.75, 3.05) is 0 Å². The van der Waals surface area contributed by atoms with Gasteiger partial charge >= 0.3 is 0 Å². The summed E-state index contributed by atoms with van der Waals surface area (Å²) < 4.78 is 4.60. The van der Waals surface area contributed by atoms with Crippen LogP contribution < -0.4 is 0 Å². The van der Waals surface area contributed by atoms with E-state index in [1.165, 1.54) is 6.92 Å². The summed E-state index contributed by atoms with van der Waals surface area (Å²) in [6.45, 7) is 1.80. The third-order valence-electron chi connectivity index (χ3n) is 1.65. The van der Waals surface area contributed by atoms with Crippen molar-refractivity contribution in [3.05, 3.63) is 0 Å². The predicted molar refractivity (Wildman–Crippen MR) is 34.3 cm³/mol. The minimum Gasteiger partial charge on any atom is -0.456 e. The second-order valence-corrected chi connectivity index (χ2v) is 2.60. The van der Waals surface area contributed by atoms with Gasteiger partial charge in [0.15, 0.2) is 11.9 Å². The molecule has 1 aliphatic carbocycles. The van der Waals surface area contributed by atoms with Gasteiger partial charge in [-0.2, -0.15) is 0 Å². The minimum atomic E-state index is -0.461. The van der Waals surface area contributed by atoms with E-state index in [-0.39, 0.29) is 5.78 Å². The molecule has 1 unspecified atom stereocenters. The van der Waals surface area contributed by atoms with Crippen molar-refractivity contribution in [3.8, 4) is 0 Å². The van der Waals surface area contributed by atoms with E-state index < -0.39 is 6.10 Å². The Morgan fingerprint density at radius 1 is 1.70 bits per heavy atom. The summed E-state index contributed by atoms with van der Waals surface area (Å²) in [7, 11) is 0. The predicted octanol–water partition coefficient (Wildman–Crippen LogP) is 0.527. The molecule has 0 radical (unpaired) electrons. The molecule has 0 spiro atoms. The molecule has 10 heavy (non-hydrogen) atoms. The van der Waals surface area contributed by atoms with Gasteiger partial charge in [0.25, 0.3) is 6.47 Å². The molecule has 56 valence electrons. The van der Waals surface area contributed by atoms with Crippen molar-refractivity contribution in [3.63, 3.8) is 0 Å². The first-order valence-corrected chi connectivity index (χ1v) is 3.35. The average Bonchev–Trinajstić information content (AvgIpc) is 2.63. The summed E-state index contributed by atoms with van der Waals surface area (Å²) in [4.78, 5) is 20.6. The number of carbonyl (C=O) groups excluding carboxylic acids is 2. The van der Waals surface area contributed by atoms with E-state index in [4.69, 9.17) is 0 Å². The first-order valence-electron chi connectivity index (χ1n) is 3.35. The van der Waals surface area contributed by atoms with Gasteiger partial charge in [-0.1, -0.05) is 0 Å². The maximum absolute atomic E-state index is 10.7. The van der Waals surface area contributed by atoms with Crippen LogP contribution >= 0.6 is 0 Å². The second-order valence-electron chi connectivity index (χ2n) is 2.60. The van der Waals surface area contributed by atoms with E-state index in [0.717, 1.165) is 12.8 Å². The number of rotatable bonds is 4. The van der Waals surface area contributed by atoms with Crippen LogP contribution in [0.15, 0.2) is 0 Å². The number of hydrogen-bond donors (Lipinski definition) is 0. The smallest absolute Gasteiger partial charge is 0.293 e. The zero-order valence-electron chi connectivity index (χ0n) is 5.87. The van der Waals surface area contributed by atoms with E-state index >= 15 is 0 Å². The Morgan fingerprint density at radius 3 is 2.60 bits per heavy atom. The van der Waals surface area contributed by atoms with Gasteiger partial charge in [-0.05, 0) is 19.8 Å². The van der Waals surface area contributed by atoms with Gasteiger partial charge < -0.3 is 4.74 Å². The fraction of sp³-hybridized carbons (Fsp3) is 0.714. The Bertz CT molecular complexity index is 149. The normalized spacial score (nSPS) is 19.7. The SMILES string of the molecule is CC(=O)C(OC=O)C1CC1. The van der Waals surface area contributed by atoms with Crippen LogP contribution in [-0.4, -0.2) is 18.4 Å². The molecule has 0 aromatic carbocycles. The number of Topliss-reactive ketones (excluding diaryl/α,β-unsaturated/α-hetero) is 1. The molecular weight excluding hydrogens is 132 g/mol. The summed E-state index contributed by atoms with van der Waals surface area (Å²) in [6, 6.07) is 0. The second kappa shape index (κ2) is 2.82. The van der Waals surface area contributed by atoms with Crippen LogP contribution in [0, 0.1) is 5.92 Å². The molecule has 0 saturated heterocycles. The number of ketones is 1. The van der Waals surface area contributed by atoms with Crippen LogP contribution in [0.3, 0.4) is 0 Å². The lowest BCUT2D eigenvalue weighted by Gasteiger charge is -2.08. The fourth-order valence-corrected chi connectivity index (χ4v) is 0.998. The third kappa shape index (κ3) is 1.56. The van der Waals surface area contributed by atoms with Gasteiger partial charge in [0, 0.05) is 5.92 Å². The third-order valence-corrected chi connectivity index (χ3v) is 1.65. The Balaban J connectivity index is 2.41. The highest BCUT2D eigenvalue weighted by Gasteiger charge is 2.35. The molecule has 1 atom stereocenters. The molecule has 0 bridgehead atoms. The summed E-state index contributed by atoms with van der Waals surface area (Å²) in [6.07, 6.45) is 1.56. The van der Waals surface area contributed by atoms with E-state index in [1.54, 1.807) is 0 Å². The topological polar surface area (TPSA) is 43.4 Å². The molecule has 3 heteroatoms. The summed E-state index contributed by atoms with van der Waals surface area (Å²) in [5.74, 6) is 0.261. The lowest BCUT2D eigenvalue weighted by atomic mass is 10.2. The average molecular weight is 142 g/mol. The molecule has 0 N–H and O–H groups in total. The van der Waals surface area contributed by atoms with Crippen molar-refractivity contribution in [2.24, 2.45) is 5.92 Å². The van der Waals surface area contributed by atoms with Crippen molar-refractivity contribution in [1.29, 1.82) is 0 Å². The van der Waals surface area contributed by atoms with Crippen LogP contribution in [0.5, 0.6) is 0 Å². The van der Waals surface area contributed by atoms with Crippen molar-refractivity contribution in [1.82, 2.24) is 0 Å². The molecular formula is C7H10O3. The standard InChI is InChI=1S/C7H10O3/c1-5(9)7(10-4-8)6-2-3-6/h4,6-7H,2-3H2,1H3. The van der Waals surface area contributed by atoms with E-state index in [9.17, 15) is 9.59 Å². The van der Waals surface area contributed by atoms with Gasteiger partial charge in [-0.25, -0.2) is 0 Å². The molecule has 1 saturated carbocycles. The first kappa shape index (κ1) is 7.25. The fourth-order valence-electron chi connectivity index (χ4n) is 0.998. The molecule has 0 heterocycles. The van der Waals surface area contributed by atoms with Crippen molar-refractivity contribution in [2.45, 2.75) is 25.9 Å². The molecule has 0 aromatic rings. The van der Waals surface area contributed by atoms with Crippen molar-refractivity contribution < 1.29 is 14.3 Å². The summed E-state index contributed by atoms with van der Waals surface area (Å²) in [5, 5.41) is 0. The Labute approximate surface area is 59.4 Å². The highest BCUT2D eigenvalue weighted by Crippen LogP contribution is 2.34. The largest absolute Gasteiger partial charge is 0.456 e. The van der Waals surface area contributed by atoms with Crippen LogP contribution in [0.2, 0.25) is 0 Å². The highest BCUT2D eigenvalue weighted by atomic mass is 16.5. The lowest BCUT2D eigenvalue weighted by molar-refractivity contribution is -0.144. The zero-order chi connectivity index (χ0) is 7.56. The summed E-state index contributed by atoms with van der Waals surface area (Å²) in [5.41, 5.74) is 0. The summed E-state index contributed by atoms with van der Waals surface area (Å²) >= 11 is 0. The maximum atomic E-state index is 10.7. The van der Waals surface area contributed by atoms with Crippen LogP contribution in [0.25, 0.3) is 0 Å². The van der Waals surface area contributed by atoms with Crippen LogP contribution in [0.1, 0.15) is 19.8 Å². The molecule has 1 fully saturated rings. The number of hydrogen-bond acceptors (Lipinski definition) is 3. The molecule has 1 rings (SSSR count). The molecule has 0 aliphatic heterocycles. The highest BCUT2D eigenvalue weighted by molar-refractivity contribution is 5.82. The molecule has 1 aliphatic rings. The lowest BCUT2D eigenvalue weighted by Crippen LogP contribution is -2.23. The van der Waals surface area contributed by atoms with Gasteiger partial charge in [-0.3, -0.25) is 9.59 Å². The monoisotopic (exact) mass is 142 g/mol. The van der Waals surface area contributed by atoms with E-state index in [1.807, 2.05) is 0 Å². The van der Waals surface area contributed by atoms with E-state index in [2.05, 4.69) is 4.74 Å². The van der Waals surface area contributed by atoms with Crippen LogP contribution in [-0.2, 0) is 14.3 Å². The number of ether oxygens (including phenoxy) is 1.